The number of rotatable bonds is 4. The van der Waals surface area contributed by atoms with Crippen molar-refractivity contribution < 1.29 is 4.74 Å². The molecule has 0 amide bonds. The van der Waals surface area contributed by atoms with Crippen molar-refractivity contribution in [2.45, 2.75) is 38.0 Å². The largest absolute Gasteiger partial charge is 0.375 e. The standard InChI is InChI=1S/C19H25N3O/c20-11-16-2-1-3-17(10-16)12-21-7-6-19-18(14-21)22(8-9-23-19)13-15-4-5-15/h1-3,10,15,18-19H,4-9,12-14H2/t18-,19-/m0/s1. The highest BCUT2D eigenvalue weighted by Crippen LogP contribution is 2.33. The van der Waals surface area contributed by atoms with Gasteiger partial charge in [-0.1, -0.05) is 12.1 Å². The number of ether oxygens (including phenoxy) is 1. The first kappa shape index (κ1) is 15.1. The first-order valence-electron chi connectivity index (χ1n) is 8.89. The van der Waals surface area contributed by atoms with Crippen LogP contribution in [-0.2, 0) is 11.3 Å². The predicted octanol–water partition coefficient (Wildman–Crippen LogP) is 2.24. The highest BCUT2D eigenvalue weighted by Gasteiger charge is 2.38. The zero-order valence-electron chi connectivity index (χ0n) is 13.7. The number of likely N-dealkylation sites (tertiary alicyclic amines) is 1. The van der Waals surface area contributed by atoms with Crippen molar-refractivity contribution in [2.75, 3.05) is 32.8 Å². The molecule has 2 heterocycles. The third kappa shape index (κ3) is 3.58. The Morgan fingerprint density at radius 2 is 2.13 bits per heavy atom. The van der Waals surface area contributed by atoms with E-state index in [1.165, 1.54) is 24.9 Å². The van der Waals surface area contributed by atoms with Gasteiger partial charge >= 0.3 is 0 Å². The molecule has 2 atom stereocenters. The van der Waals surface area contributed by atoms with Crippen LogP contribution in [0.25, 0.3) is 0 Å². The van der Waals surface area contributed by atoms with Gasteiger partial charge in [0, 0.05) is 38.8 Å². The van der Waals surface area contributed by atoms with E-state index in [0.717, 1.165) is 50.7 Å². The first-order valence-corrected chi connectivity index (χ1v) is 8.89. The highest BCUT2D eigenvalue weighted by molar-refractivity contribution is 5.32. The van der Waals surface area contributed by atoms with Crippen molar-refractivity contribution >= 4 is 0 Å². The molecule has 0 radical (unpaired) electrons. The molecule has 0 unspecified atom stereocenters. The van der Waals surface area contributed by atoms with Crippen LogP contribution in [-0.4, -0.2) is 54.7 Å². The molecule has 0 aromatic heterocycles. The highest BCUT2D eigenvalue weighted by atomic mass is 16.5. The molecule has 0 bridgehead atoms. The van der Waals surface area contributed by atoms with Crippen LogP contribution < -0.4 is 0 Å². The minimum atomic E-state index is 0.421. The lowest BCUT2D eigenvalue weighted by Gasteiger charge is -2.47. The molecule has 23 heavy (non-hydrogen) atoms. The second kappa shape index (κ2) is 6.60. The molecule has 1 aromatic carbocycles. The van der Waals surface area contributed by atoms with Crippen molar-refractivity contribution in [1.29, 1.82) is 5.26 Å². The minimum absolute atomic E-state index is 0.421. The van der Waals surface area contributed by atoms with Gasteiger partial charge in [0.1, 0.15) is 0 Å². The van der Waals surface area contributed by atoms with E-state index in [4.69, 9.17) is 10.00 Å². The van der Waals surface area contributed by atoms with Crippen LogP contribution in [0.5, 0.6) is 0 Å². The van der Waals surface area contributed by atoms with E-state index >= 15 is 0 Å². The summed E-state index contributed by atoms with van der Waals surface area (Å²) in [7, 11) is 0. The Morgan fingerprint density at radius 3 is 2.96 bits per heavy atom. The Kier molecular flexibility index (Phi) is 4.35. The third-order valence-electron chi connectivity index (χ3n) is 5.44. The third-order valence-corrected chi connectivity index (χ3v) is 5.44. The van der Waals surface area contributed by atoms with E-state index < -0.39 is 0 Å². The van der Waals surface area contributed by atoms with Gasteiger partial charge in [-0.3, -0.25) is 9.80 Å². The molecule has 3 fully saturated rings. The maximum Gasteiger partial charge on any atom is 0.0991 e. The molecule has 2 saturated heterocycles. The summed E-state index contributed by atoms with van der Waals surface area (Å²) >= 11 is 0. The Morgan fingerprint density at radius 1 is 1.22 bits per heavy atom. The number of hydrogen-bond acceptors (Lipinski definition) is 4. The summed E-state index contributed by atoms with van der Waals surface area (Å²) < 4.78 is 6.04. The fourth-order valence-corrected chi connectivity index (χ4v) is 4.01. The van der Waals surface area contributed by atoms with Crippen LogP contribution in [0, 0.1) is 17.2 Å². The van der Waals surface area contributed by atoms with Gasteiger partial charge in [0.05, 0.1) is 24.3 Å². The summed E-state index contributed by atoms with van der Waals surface area (Å²) in [6.45, 7) is 6.38. The van der Waals surface area contributed by atoms with Crippen molar-refractivity contribution in [2.24, 2.45) is 5.92 Å². The number of nitrogens with zero attached hydrogens (tertiary/aromatic N) is 3. The summed E-state index contributed by atoms with van der Waals surface area (Å²) in [5.41, 5.74) is 2.00. The molecular weight excluding hydrogens is 286 g/mol. The second-order valence-electron chi connectivity index (χ2n) is 7.25. The average molecular weight is 311 g/mol. The lowest BCUT2D eigenvalue weighted by atomic mass is 9.97. The van der Waals surface area contributed by atoms with Crippen LogP contribution in [0.15, 0.2) is 24.3 Å². The van der Waals surface area contributed by atoms with E-state index in [0.29, 0.717) is 12.1 Å². The molecule has 4 heteroatoms. The summed E-state index contributed by atoms with van der Waals surface area (Å²) in [5, 5.41) is 9.06. The van der Waals surface area contributed by atoms with Gasteiger partial charge in [0.25, 0.3) is 0 Å². The summed E-state index contributed by atoms with van der Waals surface area (Å²) in [5.74, 6) is 0.941. The van der Waals surface area contributed by atoms with Gasteiger partial charge in [-0.05, 0) is 42.9 Å². The van der Waals surface area contributed by atoms with Crippen LogP contribution in [0.3, 0.4) is 0 Å². The van der Waals surface area contributed by atoms with E-state index in [-0.39, 0.29) is 0 Å². The van der Waals surface area contributed by atoms with Gasteiger partial charge in [0.2, 0.25) is 0 Å². The number of piperidine rings is 1. The minimum Gasteiger partial charge on any atom is -0.375 e. The van der Waals surface area contributed by atoms with Crippen LogP contribution in [0.2, 0.25) is 0 Å². The molecule has 3 aliphatic rings. The molecule has 4 nitrogen and oxygen atoms in total. The molecular formula is C19H25N3O. The Bertz CT molecular complexity index is 593. The molecule has 0 N–H and O–H groups in total. The van der Waals surface area contributed by atoms with Crippen molar-refractivity contribution in [3.05, 3.63) is 35.4 Å². The normalized spacial score (nSPS) is 29.0. The van der Waals surface area contributed by atoms with Gasteiger partial charge in [0.15, 0.2) is 0 Å². The van der Waals surface area contributed by atoms with Crippen molar-refractivity contribution in [3.8, 4) is 6.07 Å². The summed E-state index contributed by atoms with van der Waals surface area (Å²) in [6.07, 6.45) is 4.38. The monoisotopic (exact) mass is 311 g/mol. The quantitative estimate of drug-likeness (QED) is 0.855. The number of benzene rings is 1. The number of nitriles is 1. The molecule has 1 saturated carbocycles. The Labute approximate surface area is 138 Å². The number of morpholine rings is 1. The summed E-state index contributed by atoms with van der Waals surface area (Å²) in [6, 6.07) is 10.8. The van der Waals surface area contributed by atoms with Crippen LogP contribution in [0.4, 0.5) is 0 Å². The summed E-state index contributed by atoms with van der Waals surface area (Å²) in [4.78, 5) is 5.22. The first-order chi connectivity index (χ1) is 11.3. The number of fused-ring (bicyclic) bond motifs is 1. The fraction of sp³-hybridized carbons (Fsp3) is 0.632. The van der Waals surface area contributed by atoms with E-state index in [9.17, 15) is 0 Å². The molecule has 4 rings (SSSR count). The maximum absolute atomic E-state index is 9.06. The molecule has 1 aliphatic carbocycles. The zero-order valence-corrected chi connectivity index (χ0v) is 13.7. The van der Waals surface area contributed by atoms with Crippen molar-refractivity contribution in [1.82, 2.24) is 9.80 Å². The van der Waals surface area contributed by atoms with E-state index in [1.807, 2.05) is 18.2 Å². The Hall–Kier alpha value is -1.41. The molecule has 122 valence electrons. The van der Waals surface area contributed by atoms with Gasteiger partial charge in [-0.2, -0.15) is 5.26 Å². The molecule has 2 aliphatic heterocycles. The SMILES string of the molecule is N#Cc1cccc(CN2CC[C@@H]3OCCN(CC4CC4)[C@H]3C2)c1. The van der Waals surface area contributed by atoms with E-state index in [1.54, 1.807) is 0 Å². The fourth-order valence-electron chi connectivity index (χ4n) is 4.01. The smallest absolute Gasteiger partial charge is 0.0991 e. The topological polar surface area (TPSA) is 39.5 Å². The van der Waals surface area contributed by atoms with Crippen molar-refractivity contribution in [3.63, 3.8) is 0 Å². The lowest BCUT2D eigenvalue weighted by Crippen LogP contribution is -2.60. The zero-order chi connectivity index (χ0) is 15.6. The predicted molar refractivity (Wildman–Crippen MR) is 88.9 cm³/mol. The van der Waals surface area contributed by atoms with E-state index in [2.05, 4.69) is 21.9 Å². The Balaban J connectivity index is 1.41. The second-order valence-corrected chi connectivity index (χ2v) is 7.25. The van der Waals surface area contributed by atoms with Crippen LogP contribution in [0.1, 0.15) is 30.4 Å². The van der Waals surface area contributed by atoms with Gasteiger partial charge in [-0.25, -0.2) is 0 Å². The number of hydrogen-bond donors (Lipinski definition) is 0. The lowest BCUT2D eigenvalue weighted by molar-refractivity contribution is -0.105. The van der Waals surface area contributed by atoms with Gasteiger partial charge < -0.3 is 4.74 Å². The molecule has 1 aromatic rings. The molecule has 0 spiro atoms. The van der Waals surface area contributed by atoms with Crippen LogP contribution >= 0.6 is 0 Å². The van der Waals surface area contributed by atoms with Gasteiger partial charge in [-0.15, -0.1) is 0 Å². The maximum atomic E-state index is 9.06. The average Bonchev–Trinajstić information content (AvgIpc) is 3.40.